The lowest BCUT2D eigenvalue weighted by molar-refractivity contribution is 0.350. The fraction of sp³-hybridized carbons (Fsp3) is 0.769. The Kier molecular flexibility index (Phi) is 4.51. The summed E-state index contributed by atoms with van der Waals surface area (Å²) in [4.78, 5) is 0. The van der Waals surface area contributed by atoms with E-state index in [1.54, 1.807) is 0 Å². The second kappa shape index (κ2) is 5.91. The van der Waals surface area contributed by atoms with E-state index in [0.29, 0.717) is 12.1 Å². The molecule has 1 aromatic heterocycles. The summed E-state index contributed by atoms with van der Waals surface area (Å²) in [5.74, 6) is 0. The van der Waals surface area contributed by atoms with Gasteiger partial charge >= 0.3 is 0 Å². The molecule has 1 saturated carbocycles. The molecule has 0 bridgehead atoms. The van der Waals surface area contributed by atoms with E-state index in [1.165, 1.54) is 31.4 Å². The van der Waals surface area contributed by atoms with E-state index < -0.39 is 0 Å². The molecule has 0 aromatic carbocycles. The van der Waals surface area contributed by atoms with Gasteiger partial charge in [0, 0.05) is 30.6 Å². The third-order valence-corrected chi connectivity index (χ3v) is 4.94. The highest BCUT2D eigenvalue weighted by molar-refractivity contribution is 7.99. The van der Waals surface area contributed by atoms with Crippen LogP contribution in [0.15, 0.2) is 12.3 Å². The van der Waals surface area contributed by atoms with Crippen LogP contribution < -0.4 is 5.32 Å². The molecule has 1 fully saturated rings. The van der Waals surface area contributed by atoms with Crippen molar-refractivity contribution in [3.63, 3.8) is 0 Å². The number of rotatable bonds is 4. The quantitative estimate of drug-likeness (QED) is 0.895. The van der Waals surface area contributed by atoms with Gasteiger partial charge in [-0.1, -0.05) is 12.8 Å². The average molecular weight is 253 g/mol. The van der Waals surface area contributed by atoms with Crippen LogP contribution in [-0.4, -0.2) is 27.3 Å². The first kappa shape index (κ1) is 13.0. The van der Waals surface area contributed by atoms with Gasteiger partial charge in [0.05, 0.1) is 5.69 Å². The number of hydrogen-bond acceptors (Lipinski definition) is 3. The molecule has 0 spiro atoms. The predicted molar refractivity (Wildman–Crippen MR) is 74.3 cm³/mol. The van der Waals surface area contributed by atoms with Gasteiger partial charge in [0.1, 0.15) is 0 Å². The number of nitrogens with zero attached hydrogens (tertiary/aromatic N) is 2. The van der Waals surface area contributed by atoms with Gasteiger partial charge in [0.2, 0.25) is 0 Å². The van der Waals surface area contributed by atoms with Crippen LogP contribution in [0.2, 0.25) is 0 Å². The maximum atomic E-state index is 4.24. The summed E-state index contributed by atoms with van der Waals surface area (Å²) in [6, 6.07) is 3.15. The zero-order chi connectivity index (χ0) is 12.3. The molecule has 96 valence electrons. The van der Waals surface area contributed by atoms with Crippen molar-refractivity contribution in [3.8, 4) is 0 Å². The van der Waals surface area contributed by atoms with E-state index in [1.807, 2.05) is 29.7 Å². The minimum absolute atomic E-state index is 0.389. The first-order valence-corrected chi connectivity index (χ1v) is 7.78. The van der Waals surface area contributed by atoms with Crippen molar-refractivity contribution in [3.05, 3.63) is 18.0 Å². The molecule has 4 heteroatoms. The maximum absolute atomic E-state index is 4.24. The molecular formula is C13H23N3S. The van der Waals surface area contributed by atoms with Crippen molar-refractivity contribution in [2.45, 2.75) is 49.9 Å². The highest BCUT2D eigenvalue weighted by Crippen LogP contribution is 2.28. The van der Waals surface area contributed by atoms with Gasteiger partial charge in [-0.15, -0.1) is 0 Å². The Bertz CT molecular complexity index is 350. The van der Waals surface area contributed by atoms with Crippen molar-refractivity contribution in [1.29, 1.82) is 0 Å². The molecule has 3 atom stereocenters. The third-order valence-electron chi connectivity index (χ3n) is 3.77. The van der Waals surface area contributed by atoms with Gasteiger partial charge in [-0.25, -0.2) is 0 Å². The Hall–Kier alpha value is -0.480. The van der Waals surface area contributed by atoms with Crippen molar-refractivity contribution < 1.29 is 0 Å². The summed E-state index contributed by atoms with van der Waals surface area (Å²) in [6.07, 6.45) is 9.54. The van der Waals surface area contributed by atoms with E-state index >= 15 is 0 Å². The Balaban J connectivity index is 1.97. The SMILES string of the molecule is CSC1CCCCC1NC(C)c1ccnn1C. The molecule has 1 N–H and O–H groups in total. The lowest BCUT2D eigenvalue weighted by atomic mass is 9.94. The number of aryl methyl sites for hydroxylation is 1. The molecule has 0 aliphatic heterocycles. The van der Waals surface area contributed by atoms with Crippen molar-refractivity contribution in [2.24, 2.45) is 7.05 Å². The van der Waals surface area contributed by atoms with Gasteiger partial charge in [-0.05, 0) is 32.1 Å². The maximum Gasteiger partial charge on any atom is 0.0547 e. The molecule has 1 aromatic rings. The van der Waals surface area contributed by atoms with E-state index in [2.05, 4.69) is 29.7 Å². The summed E-state index contributed by atoms with van der Waals surface area (Å²) in [5, 5.41) is 8.80. The molecular weight excluding hydrogens is 230 g/mol. The molecule has 0 amide bonds. The molecule has 3 nitrogen and oxygen atoms in total. The highest BCUT2D eigenvalue weighted by atomic mass is 32.2. The van der Waals surface area contributed by atoms with Crippen molar-refractivity contribution in [2.75, 3.05) is 6.26 Å². The third kappa shape index (κ3) is 3.05. The second-order valence-electron chi connectivity index (χ2n) is 4.93. The minimum Gasteiger partial charge on any atom is -0.305 e. The van der Waals surface area contributed by atoms with Gasteiger partial charge in [0.25, 0.3) is 0 Å². The first-order chi connectivity index (χ1) is 8.22. The van der Waals surface area contributed by atoms with Crippen LogP contribution in [0, 0.1) is 0 Å². The monoisotopic (exact) mass is 253 g/mol. The van der Waals surface area contributed by atoms with Gasteiger partial charge in [-0.2, -0.15) is 16.9 Å². The van der Waals surface area contributed by atoms with Crippen LogP contribution in [0.25, 0.3) is 0 Å². The Labute approximate surface area is 108 Å². The zero-order valence-corrected chi connectivity index (χ0v) is 11.8. The van der Waals surface area contributed by atoms with E-state index in [9.17, 15) is 0 Å². The zero-order valence-electron chi connectivity index (χ0n) is 11.0. The van der Waals surface area contributed by atoms with E-state index in [4.69, 9.17) is 0 Å². The standard InChI is InChI=1S/C13H23N3S/c1-10(12-8-9-14-16(12)2)15-11-6-4-5-7-13(11)17-3/h8-11,13,15H,4-7H2,1-3H3. The number of thioether (sulfide) groups is 1. The minimum atomic E-state index is 0.389. The molecule has 1 aliphatic rings. The normalized spacial score (nSPS) is 27.0. The van der Waals surface area contributed by atoms with E-state index in [-0.39, 0.29) is 0 Å². The van der Waals surface area contributed by atoms with Crippen LogP contribution in [0.1, 0.15) is 44.3 Å². The Morgan fingerprint density at radius 2 is 2.24 bits per heavy atom. The molecule has 1 heterocycles. The summed E-state index contributed by atoms with van der Waals surface area (Å²) in [5.41, 5.74) is 1.27. The first-order valence-electron chi connectivity index (χ1n) is 6.49. The fourth-order valence-electron chi connectivity index (χ4n) is 2.78. The van der Waals surface area contributed by atoms with Crippen molar-refractivity contribution in [1.82, 2.24) is 15.1 Å². The van der Waals surface area contributed by atoms with E-state index in [0.717, 1.165) is 5.25 Å². The summed E-state index contributed by atoms with van der Waals surface area (Å²) in [6.45, 7) is 2.24. The van der Waals surface area contributed by atoms with Crippen molar-refractivity contribution >= 4 is 11.8 Å². The van der Waals surface area contributed by atoms with Crippen LogP contribution >= 0.6 is 11.8 Å². The number of nitrogens with one attached hydrogen (secondary N) is 1. The second-order valence-corrected chi connectivity index (χ2v) is 6.01. The largest absolute Gasteiger partial charge is 0.305 e. The molecule has 0 saturated heterocycles. The Morgan fingerprint density at radius 3 is 2.88 bits per heavy atom. The molecule has 3 unspecified atom stereocenters. The van der Waals surface area contributed by atoms with Crippen LogP contribution in [-0.2, 0) is 7.05 Å². The Morgan fingerprint density at radius 1 is 1.47 bits per heavy atom. The lowest BCUT2D eigenvalue weighted by Crippen LogP contribution is -2.42. The lowest BCUT2D eigenvalue weighted by Gasteiger charge is -2.33. The summed E-state index contributed by atoms with van der Waals surface area (Å²) < 4.78 is 1.97. The molecule has 2 rings (SSSR count). The van der Waals surface area contributed by atoms with Crippen LogP contribution in [0.5, 0.6) is 0 Å². The molecule has 0 radical (unpaired) electrons. The molecule has 17 heavy (non-hydrogen) atoms. The topological polar surface area (TPSA) is 29.9 Å². The highest BCUT2D eigenvalue weighted by Gasteiger charge is 2.26. The van der Waals surface area contributed by atoms with Gasteiger partial charge < -0.3 is 5.32 Å². The average Bonchev–Trinajstić information content (AvgIpc) is 2.76. The summed E-state index contributed by atoms with van der Waals surface area (Å²) in [7, 11) is 2.01. The molecule has 1 aliphatic carbocycles. The van der Waals surface area contributed by atoms with Gasteiger partial charge in [-0.3, -0.25) is 4.68 Å². The number of aromatic nitrogens is 2. The smallest absolute Gasteiger partial charge is 0.0547 e. The fourth-order valence-corrected chi connectivity index (χ4v) is 3.73. The number of hydrogen-bond donors (Lipinski definition) is 1. The summed E-state index contributed by atoms with van der Waals surface area (Å²) >= 11 is 2.01. The van der Waals surface area contributed by atoms with Crippen LogP contribution in [0.3, 0.4) is 0 Å². The van der Waals surface area contributed by atoms with Gasteiger partial charge in [0.15, 0.2) is 0 Å². The van der Waals surface area contributed by atoms with Crippen LogP contribution in [0.4, 0.5) is 0 Å². The predicted octanol–water partition coefficient (Wildman–Crippen LogP) is 2.74.